The molecule has 1 aliphatic rings. The van der Waals surface area contributed by atoms with Crippen LogP contribution in [0.1, 0.15) is 26.7 Å². The Kier molecular flexibility index (Phi) is 4.65. The molecule has 1 aliphatic carbocycles. The number of rotatable bonds is 6. The van der Waals surface area contributed by atoms with Crippen LogP contribution in [0.2, 0.25) is 0 Å². The zero-order valence-corrected chi connectivity index (χ0v) is 10.8. The summed E-state index contributed by atoms with van der Waals surface area (Å²) in [6.07, 6.45) is 0.775. The highest BCUT2D eigenvalue weighted by molar-refractivity contribution is 5.80. The number of methoxy groups -OCH3 is 2. The molecule has 0 aromatic carbocycles. The number of carbonyl (C=O) groups excluding carboxylic acids is 2. The molecule has 0 aromatic rings. The van der Waals surface area contributed by atoms with Crippen LogP contribution in [-0.2, 0) is 23.8 Å². The maximum atomic E-state index is 11.6. The molecule has 0 amide bonds. The molecule has 0 saturated heterocycles. The normalized spacial score (nSPS) is 31.8. The highest BCUT2D eigenvalue weighted by Gasteiger charge is 2.56. The lowest BCUT2D eigenvalue weighted by molar-refractivity contribution is -0.206. The van der Waals surface area contributed by atoms with Crippen LogP contribution in [0.25, 0.3) is 0 Å². The predicted molar refractivity (Wildman–Crippen MR) is 60.3 cm³/mol. The highest BCUT2D eigenvalue weighted by Crippen LogP contribution is 2.51. The van der Waals surface area contributed by atoms with Gasteiger partial charge in [0, 0.05) is 18.9 Å². The van der Waals surface area contributed by atoms with Crippen LogP contribution < -0.4 is 0 Å². The third kappa shape index (κ3) is 2.84. The molecule has 3 atom stereocenters. The number of Topliss-reactive ketones (excluding diaryl/α,β-unsaturated/α-hetero) is 1. The summed E-state index contributed by atoms with van der Waals surface area (Å²) in [5, 5.41) is 0. The van der Waals surface area contributed by atoms with Crippen LogP contribution in [-0.4, -0.2) is 38.9 Å². The monoisotopic (exact) mass is 244 g/mol. The molecule has 1 fully saturated rings. The van der Waals surface area contributed by atoms with Crippen LogP contribution in [0.3, 0.4) is 0 Å². The second-order valence-corrected chi connectivity index (χ2v) is 4.76. The average Bonchev–Trinajstić information content (AvgIpc) is 2.26. The Labute approximate surface area is 101 Å². The van der Waals surface area contributed by atoms with Gasteiger partial charge in [0.1, 0.15) is 12.6 Å². The van der Waals surface area contributed by atoms with E-state index in [9.17, 15) is 9.59 Å². The summed E-state index contributed by atoms with van der Waals surface area (Å²) in [6.45, 7) is 3.58. The van der Waals surface area contributed by atoms with E-state index in [1.54, 1.807) is 7.11 Å². The van der Waals surface area contributed by atoms with Gasteiger partial charge >= 0.3 is 5.97 Å². The van der Waals surface area contributed by atoms with Crippen molar-refractivity contribution >= 4 is 11.8 Å². The Balaban J connectivity index is 2.71. The summed E-state index contributed by atoms with van der Waals surface area (Å²) in [7, 11) is 2.90. The molecule has 0 spiro atoms. The molecule has 17 heavy (non-hydrogen) atoms. The molecule has 0 aliphatic heterocycles. The molecule has 0 radical (unpaired) electrons. The second kappa shape index (κ2) is 5.60. The molecule has 1 rings (SSSR count). The van der Waals surface area contributed by atoms with Crippen LogP contribution in [0.15, 0.2) is 0 Å². The second-order valence-electron chi connectivity index (χ2n) is 4.76. The minimum atomic E-state index is -0.475. The third-order valence-corrected chi connectivity index (χ3v) is 3.48. The van der Waals surface area contributed by atoms with E-state index >= 15 is 0 Å². The first-order valence-corrected chi connectivity index (χ1v) is 5.63. The van der Waals surface area contributed by atoms with Crippen molar-refractivity contribution in [3.8, 4) is 0 Å². The van der Waals surface area contributed by atoms with Crippen molar-refractivity contribution in [3.05, 3.63) is 0 Å². The van der Waals surface area contributed by atoms with Crippen molar-refractivity contribution in [2.75, 3.05) is 21.0 Å². The van der Waals surface area contributed by atoms with Gasteiger partial charge in [-0.1, -0.05) is 6.92 Å². The van der Waals surface area contributed by atoms with Crippen LogP contribution >= 0.6 is 0 Å². The summed E-state index contributed by atoms with van der Waals surface area (Å²) in [5.74, 6) is -0.489. The van der Waals surface area contributed by atoms with Crippen molar-refractivity contribution in [1.82, 2.24) is 0 Å². The Morgan fingerprint density at radius 1 is 1.35 bits per heavy atom. The first-order valence-electron chi connectivity index (χ1n) is 5.63. The average molecular weight is 244 g/mol. The summed E-state index contributed by atoms with van der Waals surface area (Å²) >= 11 is 0. The van der Waals surface area contributed by atoms with E-state index in [1.807, 2.05) is 6.92 Å². The first-order chi connectivity index (χ1) is 7.95. The lowest BCUT2D eigenvalue weighted by Crippen LogP contribution is -2.56. The molecule has 0 bridgehead atoms. The van der Waals surface area contributed by atoms with Crippen LogP contribution in [0.4, 0.5) is 0 Å². The molecule has 0 aromatic heterocycles. The van der Waals surface area contributed by atoms with Crippen molar-refractivity contribution in [2.45, 2.75) is 32.8 Å². The first kappa shape index (κ1) is 14.1. The molecule has 5 nitrogen and oxygen atoms in total. The van der Waals surface area contributed by atoms with E-state index < -0.39 is 5.41 Å². The molecule has 98 valence electrons. The number of esters is 1. The van der Waals surface area contributed by atoms with Gasteiger partial charge in [-0.25, -0.2) is 0 Å². The Bertz CT molecular complexity index is 301. The van der Waals surface area contributed by atoms with Crippen molar-refractivity contribution in [2.24, 2.45) is 11.3 Å². The van der Waals surface area contributed by atoms with Crippen LogP contribution in [0.5, 0.6) is 0 Å². The number of ether oxygens (including phenoxy) is 3. The zero-order chi connectivity index (χ0) is 13.1. The molecule has 5 heteroatoms. The van der Waals surface area contributed by atoms with E-state index in [0.717, 1.165) is 0 Å². The van der Waals surface area contributed by atoms with Gasteiger partial charge in [-0.05, 0) is 13.3 Å². The van der Waals surface area contributed by atoms with Gasteiger partial charge in [0.25, 0.3) is 0 Å². The predicted octanol–water partition coefficient (Wildman–Crippen LogP) is 1.15. The van der Waals surface area contributed by atoms with Gasteiger partial charge in [0.15, 0.2) is 0 Å². The smallest absolute Gasteiger partial charge is 0.309 e. The number of hydrogen-bond acceptors (Lipinski definition) is 5. The number of ketones is 1. The van der Waals surface area contributed by atoms with Gasteiger partial charge in [0.05, 0.1) is 19.1 Å². The maximum Gasteiger partial charge on any atom is 0.309 e. The fraction of sp³-hybridized carbons (Fsp3) is 0.833. The highest BCUT2D eigenvalue weighted by atomic mass is 16.7. The lowest BCUT2D eigenvalue weighted by Gasteiger charge is -2.51. The molecule has 1 saturated carbocycles. The fourth-order valence-electron chi connectivity index (χ4n) is 2.51. The number of carbonyl (C=O) groups is 2. The standard InChI is InChI=1S/C12H20O5/c1-8(13)6-12(2)9(11(14)16-4)5-10(12)17-7-15-3/h9-10H,5-7H2,1-4H3/t9-,10+,12-/m1/s1. The molecular formula is C12H20O5. The van der Waals surface area contributed by atoms with Crippen molar-refractivity contribution < 1.29 is 23.8 Å². The van der Waals surface area contributed by atoms with Crippen LogP contribution in [0, 0.1) is 11.3 Å². The number of hydrogen-bond donors (Lipinski definition) is 0. The Morgan fingerprint density at radius 3 is 2.47 bits per heavy atom. The van der Waals surface area contributed by atoms with E-state index in [-0.39, 0.29) is 30.6 Å². The van der Waals surface area contributed by atoms with Gasteiger partial charge in [-0.2, -0.15) is 0 Å². The SMILES string of the molecule is COCO[C@H]1C[C@H](C(=O)OC)[C@@]1(C)CC(C)=O. The van der Waals surface area contributed by atoms with E-state index in [4.69, 9.17) is 14.2 Å². The minimum absolute atomic E-state index is 0.0483. The van der Waals surface area contributed by atoms with Gasteiger partial charge in [-0.15, -0.1) is 0 Å². The quantitative estimate of drug-likeness (QED) is 0.518. The maximum absolute atomic E-state index is 11.6. The molecule has 0 unspecified atom stereocenters. The molecule has 0 N–H and O–H groups in total. The van der Waals surface area contributed by atoms with Gasteiger partial charge in [0.2, 0.25) is 0 Å². The summed E-state index contributed by atoms with van der Waals surface area (Å²) in [6, 6.07) is 0. The van der Waals surface area contributed by atoms with E-state index in [2.05, 4.69) is 0 Å². The summed E-state index contributed by atoms with van der Waals surface area (Å²) < 4.78 is 15.1. The van der Waals surface area contributed by atoms with Gasteiger partial charge < -0.3 is 19.0 Å². The van der Waals surface area contributed by atoms with Gasteiger partial charge in [-0.3, -0.25) is 4.79 Å². The molecule has 0 heterocycles. The van der Waals surface area contributed by atoms with E-state index in [1.165, 1.54) is 14.0 Å². The summed E-state index contributed by atoms with van der Waals surface area (Å²) in [5.41, 5.74) is -0.475. The summed E-state index contributed by atoms with van der Waals surface area (Å²) in [4.78, 5) is 22.9. The lowest BCUT2D eigenvalue weighted by atomic mass is 9.56. The fourth-order valence-corrected chi connectivity index (χ4v) is 2.51. The largest absolute Gasteiger partial charge is 0.469 e. The van der Waals surface area contributed by atoms with E-state index in [0.29, 0.717) is 12.8 Å². The Morgan fingerprint density at radius 2 is 2.00 bits per heavy atom. The zero-order valence-electron chi connectivity index (χ0n) is 10.8. The Hall–Kier alpha value is -0.940. The van der Waals surface area contributed by atoms with Crippen molar-refractivity contribution in [3.63, 3.8) is 0 Å². The minimum Gasteiger partial charge on any atom is -0.469 e. The van der Waals surface area contributed by atoms with Crippen molar-refractivity contribution in [1.29, 1.82) is 0 Å². The molecular weight excluding hydrogens is 224 g/mol. The topological polar surface area (TPSA) is 61.8 Å². The third-order valence-electron chi connectivity index (χ3n) is 3.48.